The van der Waals surface area contributed by atoms with Crippen LogP contribution in [0, 0.1) is 196 Å². The minimum atomic E-state index is -0.520. The maximum atomic E-state index is 7.86. The molecule has 22 rings (SSSR count). The zero-order valence-corrected chi connectivity index (χ0v) is 84.2. The van der Waals surface area contributed by atoms with E-state index in [1.165, 1.54) is 287 Å². The summed E-state index contributed by atoms with van der Waals surface area (Å²) in [5.41, 5.74) is 57.9. The molecular formula is C113H143N9O2. The third-order valence-corrected chi connectivity index (χ3v) is 39.6. The molecule has 9 aromatic carbocycles. The molecule has 13 heterocycles. The molecule has 11 heteroatoms. The first kappa shape index (κ1) is 83.8. The van der Waals surface area contributed by atoms with Crippen LogP contribution in [-0.2, 0) is 46.5 Å². The SMILES string of the molecule is Cc1c(C)c(C)c2c(c1C)c1c3c(c4c5c(C)c(C)c(C)c(C)c5n(C)c4c1n2C)C(C)N(C)C3C.Cc1c(C)c(C)c2c(c1C)c1c3c(c4c5c(C)c(C)c(C)c(C)c5n5c4c1n2C1(C)OC5(C)C(C)C(C)C1C)C(C)N(C)C3C.Cc1c(C)c(C)c2c(c1C)c1c3c(c4c5c(C)c(C)c(C)c(C)c5n5c4c1n2C1(C)OC5(C)C(C)C1C)C(C)N(C)C3C. The highest BCUT2D eigenvalue weighted by atomic mass is 16.6. The van der Waals surface area contributed by atoms with E-state index in [-0.39, 0.29) is 0 Å². The summed E-state index contributed by atoms with van der Waals surface area (Å²) >= 11 is 0. The predicted octanol–water partition coefficient (Wildman–Crippen LogP) is 29.3. The highest BCUT2D eigenvalue weighted by molar-refractivity contribution is 6.31. The molecule has 0 aliphatic carbocycles. The third-order valence-electron chi connectivity index (χ3n) is 39.6. The van der Waals surface area contributed by atoms with Crippen molar-refractivity contribution in [3.05, 3.63) is 167 Å². The second-order valence-corrected chi connectivity index (χ2v) is 43.1. The van der Waals surface area contributed by atoms with E-state index in [9.17, 15) is 0 Å². The van der Waals surface area contributed by atoms with Crippen LogP contribution in [0.1, 0.15) is 307 Å². The summed E-state index contributed by atoms with van der Waals surface area (Å²) < 4.78 is 31.5. The quantitative estimate of drug-likeness (QED) is 0.151. The van der Waals surface area contributed by atoms with Crippen molar-refractivity contribution in [2.24, 2.45) is 43.7 Å². The summed E-state index contributed by atoms with van der Waals surface area (Å²) in [6.45, 7) is 92.5. The highest BCUT2D eigenvalue weighted by Crippen LogP contribution is 2.67. The lowest BCUT2D eigenvalue weighted by molar-refractivity contribution is -0.307. The number of benzene rings is 9. The minimum absolute atomic E-state index is 0.313. The second kappa shape index (κ2) is 25.8. The molecule has 14 unspecified atom stereocenters. The Bertz CT molecular complexity index is 7160. The van der Waals surface area contributed by atoms with Crippen molar-refractivity contribution >= 4 is 131 Å². The Morgan fingerprint density at radius 2 is 0.331 bits per heavy atom. The van der Waals surface area contributed by atoms with E-state index in [2.05, 4.69) is 347 Å². The summed E-state index contributed by atoms with van der Waals surface area (Å²) in [7, 11) is 11.6. The van der Waals surface area contributed by atoms with Gasteiger partial charge in [-0.1, -0.05) is 34.6 Å². The smallest absolute Gasteiger partial charge is 0.148 e. The molecule has 15 aromatic rings. The fourth-order valence-corrected chi connectivity index (χ4v) is 28.7. The van der Waals surface area contributed by atoms with Gasteiger partial charge in [-0.2, -0.15) is 0 Å². The first-order valence-corrected chi connectivity index (χ1v) is 47.4. The van der Waals surface area contributed by atoms with E-state index in [0.717, 1.165) is 0 Å². The van der Waals surface area contributed by atoms with Crippen molar-refractivity contribution in [2.45, 2.75) is 329 Å². The topological polar surface area (TPSA) is 57.8 Å². The van der Waals surface area contributed by atoms with Crippen LogP contribution < -0.4 is 0 Å². The van der Waals surface area contributed by atoms with Gasteiger partial charge in [0.15, 0.2) is 0 Å². The van der Waals surface area contributed by atoms with Gasteiger partial charge in [0, 0.05) is 139 Å². The van der Waals surface area contributed by atoms with Gasteiger partial charge >= 0.3 is 0 Å². The molecule has 0 N–H and O–H groups in total. The van der Waals surface area contributed by atoms with E-state index in [1.807, 2.05) is 0 Å². The molecule has 0 radical (unpaired) electrons. The fraction of sp³-hybridized carbons (Fsp3) is 0.522. The van der Waals surface area contributed by atoms with E-state index < -0.39 is 22.9 Å². The van der Waals surface area contributed by atoms with E-state index in [0.29, 0.717) is 65.8 Å². The molecule has 7 aliphatic rings. The molecule has 124 heavy (non-hydrogen) atoms. The fourth-order valence-electron chi connectivity index (χ4n) is 28.7. The van der Waals surface area contributed by atoms with Gasteiger partial charge in [0.05, 0.1) is 66.2 Å². The second-order valence-electron chi connectivity index (χ2n) is 43.1. The van der Waals surface area contributed by atoms with Gasteiger partial charge in [-0.15, -0.1) is 0 Å². The van der Waals surface area contributed by atoms with Crippen molar-refractivity contribution in [1.82, 2.24) is 42.1 Å². The Labute approximate surface area is 738 Å². The zero-order chi connectivity index (χ0) is 90.1. The highest BCUT2D eigenvalue weighted by Gasteiger charge is 2.62. The first-order valence-electron chi connectivity index (χ1n) is 47.4. The number of fused-ring (bicyclic) bond motifs is 36. The molecule has 2 fully saturated rings. The molecule has 14 atom stereocenters. The Balaban J connectivity index is 0.000000119. The van der Waals surface area contributed by atoms with Crippen LogP contribution >= 0.6 is 0 Å². The largest absolute Gasteiger partial charge is 0.342 e. The van der Waals surface area contributed by atoms with Crippen LogP contribution in [0.3, 0.4) is 0 Å². The van der Waals surface area contributed by atoms with Crippen LogP contribution in [-0.4, -0.2) is 63.2 Å². The van der Waals surface area contributed by atoms with Crippen molar-refractivity contribution < 1.29 is 9.47 Å². The molecule has 0 amide bonds. The van der Waals surface area contributed by atoms with Gasteiger partial charge in [-0.3, -0.25) is 14.7 Å². The number of rotatable bonds is 0. The van der Waals surface area contributed by atoms with Gasteiger partial charge in [0.1, 0.15) is 22.9 Å². The Kier molecular flexibility index (Phi) is 17.4. The summed E-state index contributed by atoms with van der Waals surface area (Å²) in [5.74, 6) is 1.74. The van der Waals surface area contributed by atoms with Crippen LogP contribution in [0.15, 0.2) is 0 Å². The number of hydrogen-bond donors (Lipinski definition) is 0. The maximum Gasteiger partial charge on any atom is 0.148 e. The van der Waals surface area contributed by atoms with Crippen molar-refractivity contribution in [1.29, 1.82) is 0 Å². The Hall–Kier alpha value is -8.42. The van der Waals surface area contributed by atoms with E-state index in [4.69, 9.17) is 9.47 Å². The zero-order valence-electron chi connectivity index (χ0n) is 84.2. The number of nitrogens with zero attached hydrogens (tertiary/aromatic N) is 9. The number of ether oxygens (including phenoxy) is 2. The summed E-state index contributed by atoms with van der Waals surface area (Å²) in [6.07, 6.45) is 0. The molecule has 0 spiro atoms. The number of aryl methyl sites for hydroxylation is 14. The van der Waals surface area contributed by atoms with E-state index in [1.54, 1.807) is 11.1 Å². The van der Waals surface area contributed by atoms with Crippen molar-refractivity contribution in [2.75, 3.05) is 21.1 Å². The lowest BCUT2D eigenvalue weighted by Gasteiger charge is -2.55. The molecule has 6 aromatic heterocycles. The monoisotopic (exact) mass is 1660 g/mol. The van der Waals surface area contributed by atoms with Crippen molar-refractivity contribution in [3.63, 3.8) is 0 Å². The normalized spacial score (nSPS) is 27.2. The summed E-state index contributed by atoms with van der Waals surface area (Å²) in [4.78, 5) is 7.80. The molecule has 7 aliphatic heterocycles. The van der Waals surface area contributed by atoms with Gasteiger partial charge in [0.25, 0.3) is 0 Å². The Morgan fingerprint density at radius 3 is 0.524 bits per heavy atom. The van der Waals surface area contributed by atoms with Crippen LogP contribution in [0.4, 0.5) is 0 Å². The van der Waals surface area contributed by atoms with Gasteiger partial charge in [-0.25, -0.2) is 0 Å². The third kappa shape index (κ3) is 9.02. The molecule has 0 saturated carbocycles. The lowest BCUT2D eigenvalue weighted by Crippen LogP contribution is -2.58. The molecule has 4 bridgehead atoms. The maximum absolute atomic E-state index is 7.86. The van der Waals surface area contributed by atoms with Crippen LogP contribution in [0.25, 0.3) is 131 Å². The average Bonchev–Trinajstić information content (AvgIpc) is 1.48. The minimum Gasteiger partial charge on any atom is -0.342 e. The molecular weight excluding hydrogens is 1520 g/mol. The Morgan fingerprint density at radius 1 is 0.177 bits per heavy atom. The summed E-state index contributed by atoms with van der Waals surface area (Å²) in [6, 6.07) is 2.01. The summed E-state index contributed by atoms with van der Waals surface area (Å²) in [5, 5.41) is 17.6. The van der Waals surface area contributed by atoms with Gasteiger partial charge in [0.2, 0.25) is 0 Å². The predicted molar refractivity (Wildman–Crippen MR) is 529 cm³/mol. The average molecular weight is 1660 g/mol. The van der Waals surface area contributed by atoms with Gasteiger partial charge in [-0.05, 0) is 429 Å². The van der Waals surface area contributed by atoms with Crippen LogP contribution in [0.2, 0.25) is 0 Å². The van der Waals surface area contributed by atoms with E-state index >= 15 is 0 Å². The van der Waals surface area contributed by atoms with Crippen molar-refractivity contribution in [3.8, 4) is 0 Å². The van der Waals surface area contributed by atoms with Gasteiger partial charge < -0.3 is 36.9 Å². The molecule has 2 saturated heterocycles. The first-order chi connectivity index (χ1) is 57.8. The lowest BCUT2D eigenvalue weighted by atomic mass is 9.71. The molecule has 11 nitrogen and oxygen atoms in total. The van der Waals surface area contributed by atoms with Crippen LogP contribution in [0.5, 0.6) is 0 Å². The number of aromatic nitrogens is 6. The standard InChI is InChI=1S/C41H53N3O.C39H49N3O.C33H41N3/c1-17-19(3)23(7)36-30(21(17)5)34-32-28(12)42(16)29(13)33(32)35-31-22(6)18(2)20(4)24(8)37(31)44-39(35)38(34)43(36)40(14)26(10)25(9)27(11)41(44,15)45-40;1-16-18(3)22(7)34-28(20(16)5)32-30-26(11)40(15)27(12)31(30)33-29-21(6)17(2)19(4)23(8)35(29)42-37(33)36(32)41(34)38(13)24(9)25(10)39(42,14)43-38;1-14-16(3)20(7)30-24(18(14)5)28-26-22(9)34(11)23(10)27(26)29-25-19(6)15(2)17(4)21(8)31(25)36(13)33(29)32(28)35(30)12/h25-29H,1-16H3;24-27H,1-15H3;22-23H,1-13H3. The number of hydrogen-bond acceptors (Lipinski definition) is 5. The molecule has 652 valence electrons.